The zero-order valence-electron chi connectivity index (χ0n) is 15.3. The summed E-state index contributed by atoms with van der Waals surface area (Å²) in [6.45, 7) is 8.39. The van der Waals surface area contributed by atoms with E-state index in [2.05, 4.69) is 20.4 Å². The molecule has 0 aliphatic carbocycles. The van der Waals surface area contributed by atoms with Crippen LogP contribution in [-0.2, 0) is 9.53 Å². The van der Waals surface area contributed by atoms with Gasteiger partial charge in [-0.3, -0.25) is 15.0 Å². The summed E-state index contributed by atoms with van der Waals surface area (Å²) in [5, 5.41) is 12.3. The van der Waals surface area contributed by atoms with Crippen LogP contribution in [0.2, 0.25) is 0 Å². The van der Waals surface area contributed by atoms with Crippen molar-refractivity contribution in [3.05, 3.63) is 24.3 Å². The van der Waals surface area contributed by atoms with Crippen molar-refractivity contribution in [2.75, 3.05) is 31.6 Å². The second kappa shape index (κ2) is 8.57. The number of aromatic nitrogens is 2. The normalized spacial score (nSPS) is 20.7. The summed E-state index contributed by atoms with van der Waals surface area (Å²) in [4.78, 5) is 14.4. The second-order valence-electron chi connectivity index (χ2n) is 6.34. The second-order valence-corrected chi connectivity index (χ2v) is 7.32. The van der Waals surface area contributed by atoms with Crippen molar-refractivity contribution < 1.29 is 14.3 Å². The fourth-order valence-electron chi connectivity index (χ4n) is 3.08. The van der Waals surface area contributed by atoms with Crippen molar-refractivity contribution in [2.45, 2.75) is 33.0 Å². The van der Waals surface area contributed by atoms with Crippen LogP contribution in [0.25, 0.3) is 10.6 Å². The largest absolute Gasteiger partial charge is 0.493 e. The Morgan fingerprint density at radius 3 is 2.77 bits per heavy atom. The van der Waals surface area contributed by atoms with Crippen molar-refractivity contribution in [1.29, 1.82) is 0 Å². The van der Waals surface area contributed by atoms with Crippen LogP contribution >= 0.6 is 11.3 Å². The summed E-state index contributed by atoms with van der Waals surface area (Å²) in [7, 11) is 0. The van der Waals surface area contributed by atoms with Crippen LogP contribution in [0.3, 0.4) is 0 Å². The maximum Gasteiger partial charge on any atom is 0.240 e. The molecule has 0 spiro atoms. The predicted molar refractivity (Wildman–Crippen MR) is 102 cm³/mol. The van der Waals surface area contributed by atoms with E-state index in [-0.39, 0.29) is 18.1 Å². The average Bonchev–Trinajstić information content (AvgIpc) is 3.02. The molecule has 1 aromatic heterocycles. The molecule has 1 aliphatic heterocycles. The molecule has 1 aliphatic rings. The number of carbonyl (C=O) groups is 1. The van der Waals surface area contributed by atoms with Crippen molar-refractivity contribution in [1.82, 2.24) is 15.1 Å². The number of amides is 1. The topological polar surface area (TPSA) is 76.6 Å². The molecule has 0 saturated carbocycles. The third kappa shape index (κ3) is 4.78. The van der Waals surface area contributed by atoms with Gasteiger partial charge in [-0.2, -0.15) is 0 Å². The number of hydrogen-bond acceptors (Lipinski definition) is 7. The van der Waals surface area contributed by atoms with Crippen molar-refractivity contribution in [3.63, 3.8) is 0 Å². The highest BCUT2D eigenvalue weighted by Crippen LogP contribution is 2.33. The summed E-state index contributed by atoms with van der Waals surface area (Å²) in [5.41, 5.74) is 0.878. The standard InChI is InChI=1S/C18H24N4O3S/c1-4-24-15-8-6-5-7-14(15)17-20-21-18(26-17)19-16(23)11-22-9-12(2)25-13(3)10-22/h5-8,12-13H,4,9-11H2,1-3H3,(H,19,21,23). The Morgan fingerprint density at radius 1 is 1.31 bits per heavy atom. The number of morpholine rings is 1. The highest BCUT2D eigenvalue weighted by Gasteiger charge is 2.24. The Morgan fingerprint density at radius 2 is 2.04 bits per heavy atom. The van der Waals surface area contributed by atoms with Gasteiger partial charge in [0.25, 0.3) is 0 Å². The molecule has 2 unspecified atom stereocenters. The molecule has 2 heterocycles. The summed E-state index contributed by atoms with van der Waals surface area (Å²) in [6, 6.07) is 7.69. The van der Waals surface area contributed by atoms with Gasteiger partial charge >= 0.3 is 0 Å². The fraction of sp³-hybridized carbons (Fsp3) is 0.500. The molecule has 2 aromatic rings. The number of carbonyl (C=O) groups excluding carboxylic acids is 1. The van der Waals surface area contributed by atoms with E-state index in [0.29, 0.717) is 18.3 Å². The molecule has 0 radical (unpaired) electrons. The van der Waals surface area contributed by atoms with Crippen LogP contribution in [-0.4, -0.2) is 59.5 Å². The molecule has 3 rings (SSSR count). The Bertz CT molecular complexity index is 742. The minimum Gasteiger partial charge on any atom is -0.493 e. The van der Waals surface area contributed by atoms with Gasteiger partial charge in [-0.1, -0.05) is 23.5 Å². The summed E-state index contributed by atoms with van der Waals surface area (Å²) in [6.07, 6.45) is 0.268. The SMILES string of the molecule is CCOc1ccccc1-c1nnc(NC(=O)CN2CC(C)OC(C)C2)s1. The molecule has 1 aromatic carbocycles. The zero-order chi connectivity index (χ0) is 18.5. The lowest BCUT2D eigenvalue weighted by atomic mass is 10.2. The molecule has 8 heteroatoms. The van der Waals surface area contributed by atoms with E-state index in [4.69, 9.17) is 9.47 Å². The first-order valence-corrected chi connectivity index (χ1v) is 9.60. The van der Waals surface area contributed by atoms with Gasteiger partial charge in [-0.05, 0) is 32.9 Å². The zero-order valence-corrected chi connectivity index (χ0v) is 16.1. The summed E-state index contributed by atoms with van der Waals surface area (Å²) >= 11 is 1.34. The summed E-state index contributed by atoms with van der Waals surface area (Å²) in [5.74, 6) is 0.674. The number of hydrogen-bond donors (Lipinski definition) is 1. The van der Waals surface area contributed by atoms with Crippen LogP contribution < -0.4 is 10.1 Å². The third-order valence-electron chi connectivity index (χ3n) is 3.95. The van der Waals surface area contributed by atoms with Gasteiger partial charge in [-0.25, -0.2) is 0 Å². The minimum atomic E-state index is -0.0907. The summed E-state index contributed by atoms with van der Waals surface area (Å²) < 4.78 is 11.3. The number of anilines is 1. The number of rotatable bonds is 6. The van der Waals surface area contributed by atoms with Crippen molar-refractivity contribution >= 4 is 22.4 Å². The van der Waals surface area contributed by atoms with E-state index < -0.39 is 0 Å². The average molecular weight is 376 g/mol. The first-order valence-electron chi connectivity index (χ1n) is 8.78. The van der Waals surface area contributed by atoms with Gasteiger partial charge in [0.2, 0.25) is 11.0 Å². The lowest BCUT2D eigenvalue weighted by Gasteiger charge is -2.34. The lowest BCUT2D eigenvalue weighted by Crippen LogP contribution is -2.48. The van der Waals surface area contributed by atoms with Crippen LogP contribution in [0, 0.1) is 0 Å². The minimum absolute atomic E-state index is 0.0907. The number of ether oxygens (including phenoxy) is 2. The van der Waals surface area contributed by atoms with E-state index in [1.54, 1.807) is 0 Å². The van der Waals surface area contributed by atoms with Crippen LogP contribution in [0.5, 0.6) is 5.75 Å². The van der Waals surface area contributed by atoms with E-state index >= 15 is 0 Å². The van der Waals surface area contributed by atoms with Gasteiger partial charge in [0.15, 0.2) is 5.01 Å². The van der Waals surface area contributed by atoms with Gasteiger partial charge < -0.3 is 9.47 Å². The Labute approximate surface area is 157 Å². The third-order valence-corrected chi connectivity index (χ3v) is 4.82. The van der Waals surface area contributed by atoms with E-state index in [1.807, 2.05) is 45.0 Å². The Kier molecular flexibility index (Phi) is 6.18. The van der Waals surface area contributed by atoms with Crippen LogP contribution in [0.15, 0.2) is 24.3 Å². The molecule has 0 bridgehead atoms. The molecule has 1 fully saturated rings. The molecular formula is C18H24N4O3S. The molecule has 1 saturated heterocycles. The van der Waals surface area contributed by atoms with Gasteiger partial charge in [0, 0.05) is 13.1 Å². The monoisotopic (exact) mass is 376 g/mol. The fourth-order valence-corrected chi connectivity index (χ4v) is 3.87. The molecule has 1 N–H and O–H groups in total. The quantitative estimate of drug-likeness (QED) is 0.835. The smallest absolute Gasteiger partial charge is 0.240 e. The van der Waals surface area contributed by atoms with Crippen molar-refractivity contribution in [2.24, 2.45) is 0 Å². The highest BCUT2D eigenvalue weighted by atomic mass is 32.1. The molecule has 7 nitrogen and oxygen atoms in total. The Balaban J connectivity index is 1.62. The first-order chi connectivity index (χ1) is 12.5. The number of para-hydroxylation sites is 1. The van der Waals surface area contributed by atoms with Crippen LogP contribution in [0.4, 0.5) is 5.13 Å². The first kappa shape index (κ1) is 18.8. The Hall–Kier alpha value is -2.03. The molecule has 1 amide bonds. The van der Waals surface area contributed by atoms with Gasteiger partial charge in [0.05, 0.1) is 30.9 Å². The maximum atomic E-state index is 12.3. The van der Waals surface area contributed by atoms with Gasteiger partial charge in [0.1, 0.15) is 5.75 Å². The highest BCUT2D eigenvalue weighted by molar-refractivity contribution is 7.18. The maximum absolute atomic E-state index is 12.3. The van der Waals surface area contributed by atoms with Crippen molar-refractivity contribution in [3.8, 4) is 16.3 Å². The molecular weight excluding hydrogens is 352 g/mol. The van der Waals surface area contributed by atoms with E-state index in [1.165, 1.54) is 11.3 Å². The van der Waals surface area contributed by atoms with Crippen LogP contribution in [0.1, 0.15) is 20.8 Å². The predicted octanol–water partition coefficient (Wildman–Crippen LogP) is 2.65. The van der Waals surface area contributed by atoms with E-state index in [9.17, 15) is 4.79 Å². The van der Waals surface area contributed by atoms with Gasteiger partial charge in [-0.15, -0.1) is 10.2 Å². The lowest BCUT2D eigenvalue weighted by molar-refractivity contribution is -0.121. The number of benzene rings is 1. The molecule has 2 atom stereocenters. The molecule has 26 heavy (non-hydrogen) atoms. The van der Waals surface area contributed by atoms with E-state index in [0.717, 1.165) is 29.4 Å². The molecule has 140 valence electrons. The number of nitrogens with zero attached hydrogens (tertiary/aromatic N) is 3. The number of nitrogens with one attached hydrogen (secondary N) is 1.